The van der Waals surface area contributed by atoms with E-state index in [-0.39, 0.29) is 24.1 Å². The number of rotatable bonds is 6. The minimum absolute atomic E-state index is 0.0314. The number of nitrogens with zero attached hydrogens (tertiary/aromatic N) is 3. The number of benzene rings is 2. The first-order chi connectivity index (χ1) is 14.9. The first-order valence-electron chi connectivity index (χ1n) is 10.3. The Morgan fingerprint density at radius 1 is 1.19 bits per heavy atom. The van der Waals surface area contributed by atoms with E-state index in [4.69, 9.17) is 0 Å². The van der Waals surface area contributed by atoms with Gasteiger partial charge in [-0.3, -0.25) is 9.59 Å². The minimum atomic E-state index is -0.533. The molecule has 0 bridgehead atoms. The van der Waals surface area contributed by atoms with Crippen LogP contribution in [0.15, 0.2) is 60.9 Å². The Bertz CT molecular complexity index is 1080. The van der Waals surface area contributed by atoms with E-state index in [1.165, 1.54) is 12.1 Å². The molecule has 2 unspecified atom stereocenters. The highest BCUT2D eigenvalue weighted by molar-refractivity contribution is 5.89. The van der Waals surface area contributed by atoms with Crippen molar-refractivity contribution in [2.75, 3.05) is 6.54 Å². The summed E-state index contributed by atoms with van der Waals surface area (Å²) in [4.78, 5) is 31.7. The monoisotopic (exact) mass is 420 g/mol. The number of nitrogens with one attached hydrogen (secondary N) is 1. The van der Waals surface area contributed by atoms with Crippen molar-refractivity contribution >= 4 is 11.8 Å². The van der Waals surface area contributed by atoms with Crippen LogP contribution in [0.4, 0.5) is 4.39 Å². The lowest BCUT2D eigenvalue weighted by atomic mass is 10.0. The van der Waals surface area contributed by atoms with Gasteiger partial charge in [0, 0.05) is 39.0 Å². The SMILES string of the molecule is Cc1ccc(CN2CC(C(=O)NC(c3ccc(F)cc3)c3nccn3C)CC2=O)cc1. The number of halogens is 1. The van der Waals surface area contributed by atoms with Crippen LogP contribution >= 0.6 is 0 Å². The highest BCUT2D eigenvalue weighted by Crippen LogP contribution is 2.25. The predicted octanol–water partition coefficient (Wildman–Crippen LogP) is 3.12. The van der Waals surface area contributed by atoms with Gasteiger partial charge >= 0.3 is 0 Å². The van der Waals surface area contributed by atoms with Gasteiger partial charge in [0.2, 0.25) is 11.8 Å². The number of hydrogen-bond acceptors (Lipinski definition) is 3. The molecule has 0 aliphatic carbocycles. The van der Waals surface area contributed by atoms with Gasteiger partial charge in [-0.1, -0.05) is 42.0 Å². The zero-order chi connectivity index (χ0) is 22.0. The van der Waals surface area contributed by atoms with Crippen LogP contribution in [0.25, 0.3) is 0 Å². The third-order valence-electron chi connectivity index (χ3n) is 5.69. The Kier molecular flexibility index (Phi) is 5.84. The molecule has 2 atom stereocenters. The molecule has 7 heteroatoms. The third-order valence-corrected chi connectivity index (χ3v) is 5.69. The molecule has 31 heavy (non-hydrogen) atoms. The van der Waals surface area contributed by atoms with Gasteiger partial charge in [0.1, 0.15) is 17.7 Å². The average Bonchev–Trinajstić information content (AvgIpc) is 3.34. The van der Waals surface area contributed by atoms with Crippen molar-refractivity contribution in [2.45, 2.75) is 25.9 Å². The number of carbonyl (C=O) groups excluding carboxylic acids is 2. The summed E-state index contributed by atoms with van der Waals surface area (Å²) >= 11 is 0. The maximum Gasteiger partial charge on any atom is 0.226 e. The number of likely N-dealkylation sites (tertiary alicyclic amines) is 1. The Hall–Kier alpha value is -3.48. The molecular weight excluding hydrogens is 395 g/mol. The molecule has 1 aliphatic heterocycles. The molecule has 0 radical (unpaired) electrons. The van der Waals surface area contributed by atoms with E-state index < -0.39 is 12.0 Å². The second-order valence-corrected chi connectivity index (χ2v) is 8.05. The molecule has 0 spiro atoms. The van der Waals surface area contributed by atoms with Crippen LogP contribution in [0, 0.1) is 18.7 Å². The van der Waals surface area contributed by atoms with Gasteiger partial charge < -0.3 is 14.8 Å². The van der Waals surface area contributed by atoms with Crippen molar-refractivity contribution in [2.24, 2.45) is 13.0 Å². The minimum Gasteiger partial charge on any atom is -0.342 e. The molecule has 3 aromatic rings. The fraction of sp³-hybridized carbons (Fsp3) is 0.292. The Labute approximate surface area is 180 Å². The van der Waals surface area contributed by atoms with Gasteiger partial charge in [-0.05, 0) is 30.2 Å². The second kappa shape index (κ2) is 8.71. The lowest BCUT2D eigenvalue weighted by Gasteiger charge is -2.21. The summed E-state index contributed by atoms with van der Waals surface area (Å²) in [6.45, 7) is 2.88. The van der Waals surface area contributed by atoms with E-state index in [0.29, 0.717) is 18.9 Å². The number of hydrogen-bond donors (Lipinski definition) is 1. The summed E-state index contributed by atoms with van der Waals surface area (Å²) in [6, 6.07) is 13.5. The zero-order valence-corrected chi connectivity index (χ0v) is 17.6. The van der Waals surface area contributed by atoms with E-state index in [1.807, 2.05) is 42.8 Å². The molecule has 1 aromatic heterocycles. The van der Waals surface area contributed by atoms with Gasteiger partial charge in [0.25, 0.3) is 0 Å². The number of carbonyl (C=O) groups is 2. The van der Waals surface area contributed by atoms with E-state index in [1.54, 1.807) is 29.4 Å². The van der Waals surface area contributed by atoms with E-state index >= 15 is 0 Å². The van der Waals surface area contributed by atoms with Crippen molar-refractivity contribution in [3.8, 4) is 0 Å². The number of aromatic nitrogens is 2. The maximum absolute atomic E-state index is 13.4. The van der Waals surface area contributed by atoms with Crippen molar-refractivity contribution in [1.29, 1.82) is 0 Å². The van der Waals surface area contributed by atoms with Gasteiger partial charge in [-0.2, -0.15) is 0 Å². The maximum atomic E-state index is 13.4. The van der Waals surface area contributed by atoms with Gasteiger partial charge in [0.15, 0.2) is 0 Å². The largest absolute Gasteiger partial charge is 0.342 e. The van der Waals surface area contributed by atoms with E-state index in [9.17, 15) is 14.0 Å². The molecule has 1 N–H and O–H groups in total. The van der Waals surface area contributed by atoms with E-state index in [0.717, 1.165) is 16.7 Å². The summed E-state index contributed by atoms with van der Waals surface area (Å²) in [5.74, 6) is -0.392. The molecule has 0 saturated carbocycles. The quantitative estimate of drug-likeness (QED) is 0.666. The molecule has 2 aromatic carbocycles. The summed E-state index contributed by atoms with van der Waals surface area (Å²) in [5.41, 5.74) is 2.93. The molecular formula is C24H25FN4O2. The number of aryl methyl sites for hydroxylation is 2. The summed E-state index contributed by atoms with van der Waals surface area (Å²) in [6.07, 6.45) is 3.62. The summed E-state index contributed by atoms with van der Waals surface area (Å²) < 4.78 is 15.2. The topological polar surface area (TPSA) is 67.2 Å². The molecule has 1 aliphatic rings. The standard InChI is InChI=1S/C24H25FN4O2/c1-16-3-5-17(6-4-16)14-29-15-19(13-21(29)30)24(31)27-22(23-26-11-12-28(23)2)18-7-9-20(25)10-8-18/h3-12,19,22H,13-15H2,1-2H3,(H,27,31). The summed E-state index contributed by atoms with van der Waals surface area (Å²) in [7, 11) is 1.84. The normalized spacial score (nSPS) is 17.1. The Morgan fingerprint density at radius 2 is 1.90 bits per heavy atom. The second-order valence-electron chi connectivity index (χ2n) is 8.05. The summed E-state index contributed by atoms with van der Waals surface area (Å²) in [5, 5.41) is 3.03. The van der Waals surface area contributed by atoms with Crippen LogP contribution in [-0.2, 0) is 23.2 Å². The lowest BCUT2D eigenvalue weighted by Crippen LogP contribution is -2.37. The number of imidazole rings is 1. The molecule has 2 heterocycles. The van der Waals surface area contributed by atoms with Crippen molar-refractivity contribution in [3.63, 3.8) is 0 Å². The number of amides is 2. The van der Waals surface area contributed by atoms with Crippen LogP contribution < -0.4 is 5.32 Å². The average molecular weight is 420 g/mol. The van der Waals surface area contributed by atoms with Gasteiger partial charge in [-0.25, -0.2) is 9.37 Å². The van der Waals surface area contributed by atoms with Gasteiger partial charge in [0.05, 0.1) is 5.92 Å². The Balaban J connectivity index is 1.48. The van der Waals surface area contributed by atoms with Crippen molar-refractivity contribution in [3.05, 3.63) is 89.3 Å². The van der Waals surface area contributed by atoms with Gasteiger partial charge in [-0.15, -0.1) is 0 Å². The van der Waals surface area contributed by atoms with Crippen LogP contribution in [0.3, 0.4) is 0 Å². The van der Waals surface area contributed by atoms with Crippen LogP contribution in [0.5, 0.6) is 0 Å². The first kappa shape index (κ1) is 20.8. The zero-order valence-electron chi connectivity index (χ0n) is 17.6. The third kappa shape index (κ3) is 4.66. The van der Waals surface area contributed by atoms with Crippen molar-refractivity contribution < 1.29 is 14.0 Å². The molecule has 4 rings (SSSR count). The van der Waals surface area contributed by atoms with Crippen LogP contribution in [0.1, 0.15) is 35.0 Å². The molecule has 1 saturated heterocycles. The Morgan fingerprint density at radius 3 is 2.55 bits per heavy atom. The highest BCUT2D eigenvalue weighted by atomic mass is 19.1. The molecule has 2 amide bonds. The fourth-order valence-corrected chi connectivity index (χ4v) is 3.88. The van der Waals surface area contributed by atoms with Crippen molar-refractivity contribution in [1.82, 2.24) is 19.8 Å². The fourth-order valence-electron chi connectivity index (χ4n) is 3.88. The predicted molar refractivity (Wildman–Crippen MR) is 114 cm³/mol. The van der Waals surface area contributed by atoms with E-state index in [2.05, 4.69) is 10.3 Å². The molecule has 1 fully saturated rings. The van der Waals surface area contributed by atoms with Crippen LogP contribution in [0.2, 0.25) is 0 Å². The molecule has 6 nitrogen and oxygen atoms in total. The lowest BCUT2D eigenvalue weighted by molar-refractivity contribution is -0.129. The van der Waals surface area contributed by atoms with Crippen LogP contribution in [-0.4, -0.2) is 32.8 Å². The highest BCUT2D eigenvalue weighted by Gasteiger charge is 2.35. The smallest absolute Gasteiger partial charge is 0.226 e. The molecule has 160 valence electrons. The first-order valence-corrected chi connectivity index (χ1v) is 10.3.